The maximum Gasteiger partial charge on any atom is 0.248 e. The third-order valence-electron chi connectivity index (χ3n) is 3.22. The van der Waals surface area contributed by atoms with Gasteiger partial charge in [-0.1, -0.05) is 0 Å². The van der Waals surface area contributed by atoms with Gasteiger partial charge in [-0.15, -0.1) is 0 Å². The molecule has 0 aliphatic heterocycles. The maximum absolute atomic E-state index is 13.4. The first-order valence-electron chi connectivity index (χ1n) is 6.43. The van der Waals surface area contributed by atoms with Crippen LogP contribution in [0.1, 0.15) is 17.0 Å². The molecule has 0 atom stereocenters. The van der Waals surface area contributed by atoms with Crippen molar-refractivity contribution in [3.8, 4) is 0 Å². The molecule has 116 valence electrons. The summed E-state index contributed by atoms with van der Waals surface area (Å²) in [6.07, 6.45) is 2.94. The highest BCUT2D eigenvalue weighted by Gasteiger charge is 2.10. The van der Waals surface area contributed by atoms with E-state index >= 15 is 0 Å². The number of hydrogen-bond donors (Lipinski definition) is 1. The van der Waals surface area contributed by atoms with Gasteiger partial charge in [-0.2, -0.15) is 5.10 Å². The van der Waals surface area contributed by atoms with Crippen LogP contribution >= 0.6 is 22.6 Å². The van der Waals surface area contributed by atoms with Crippen LogP contribution in [0.3, 0.4) is 0 Å². The second-order valence-corrected chi connectivity index (χ2v) is 5.86. The van der Waals surface area contributed by atoms with E-state index in [1.54, 1.807) is 33.3 Å². The van der Waals surface area contributed by atoms with Crippen molar-refractivity contribution in [3.63, 3.8) is 0 Å². The summed E-state index contributed by atoms with van der Waals surface area (Å²) in [6.45, 7) is 3.73. The number of carbonyl (C=O) groups is 1. The van der Waals surface area contributed by atoms with Crippen LogP contribution in [0, 0.1) is 29.1 Å². The Bertz CT molecular complexity index is 745. The van der Waals surface area contributed by atoms with Gasteiger partial charge < -0.3 is 5.32 Å². The lowest BCUT2D eigenvalue weighted by Gasteiger charge is -2.04. The third-order valence-corrected chi connectivity index (χ3v) is 4.25. The molecule has 0 saturated heterocycles. The Balaban J connectivity index is 2.15. The summed E-state index contributed by atoms with van der Waals surface area (Å²) in [6, 6.07) is 2.16. The summed E-state index contributed by atoms with van der Waals surface area (Å²) >= 11 is 1.57. The lowest BCUT2D eigenvalue weighted by atomic mass is 10.2. The average Bonchev–Trinajstić information content (AvgIpc) is 2.67. The first-order chi connectivity index (χ1) is 10.3. The topological polar surface area (TPSA) is 46.9 Å². The van der Waals surface area contributed by atoms with Crippen molar-refractivity contribution in [1.82, 2.24) is 9.78 Å². The van der Waals surface area contributed by atoms with Crippen molar-refractivity contribution in [3.05, 3.63) is 50.4 Å². The Kier molecular flexibility index (Phi) is 4.94. The van der Waals surface area contributed by atoms with Gasteiger partial charge in [0.25, 0.3) is 0 Å². The van der Waals surface area contributed by atoms with Gasteiger partial charge >= 0.3 is 0 Å². The normalized spacial score (nSPS) is 11.2. The number of hydrogen-bond acceptors (Lipinski definition) is 2. The van der Waals surface area contributed by atoms with Gasteiger partial charge in [-0.05, 0) is 54.6 Å². The predicted octanol–water partition coefficient (Wildman–Crippen LogP) is 3.57. The van der Waals surface area contributed by atoms with Crippen LogP contribution in [-0.4, -0.2) is 15.7 Å². The molecule has 2 rings (SSSR count). The summed E-state index contributed by atoms with van der Waals surface area (Å²) in [5, 5.41) is 6.67. The van der Waals surface area contributed by atoms with Crippen molar-refractivity contribution >= 4 is 40.3 Å². The van der Waals surface area contributed by atoms with Gasteiger partial charge in [0.2, 0.25) is 5.91 Å². The van der Waals surface area contributed by atoms with Crippen molar-refractivity contribution in [2.24, 2.45) is 7.05 Å². The number of rotatable bonds is 3. The predicted molar refractivity (Wildman–Crippen MR) is 89.4 cm³/mol. The zero-order valence-corrected chi connectivity index (χ0v) is 14.4. The monoisotopic (exact) mass is 417 g/mol. The number of benzene rings is 1. The van der Waals surface area contributed by atoms with Crippen molar-refractivity contribution < 1.29 is 13.6 Å². The number of nitrogens with one attached hydrogen (secondary N) is 1. The number of nitrogens with zero attached hydrogens (tertiary/aromatic N) is 2. The van der Waals surface area contributed by atoms with Crippen LogP contribution in [-0.2, 0) is 11.8 Å². The summed E-state index contributed by atoms with van der Waals surface area (Å²) in [5.41, 5.74) is 2.64. The smallest absolute Gasteiger partial charge is 0.248 e. The highest BCUT2D eigenvalue weighted by Crippen LogP contribution is 2.20. The Morgan fingerprint density at radius 3 is 2.41 bits per heavy atom. The molecule has 0 unspecified atom stereocenters. The van der Waals surface area contributed by atoms with Crippen molar-refractivity contribution in [1.29, 1.82) is 0 Å². The summed E-state index contributed by atoms with van der Waals surface area (Å²) in [5.74, 6) is -1.89. The zero-order chi connectivity index (χ0) is 16.4. The molecule has 0 aliphatic rings. The first-order valence-corrected chi connectivity index (χ1v) is 7.51. The molecule has 7 heteroatoms. The number of anilines is 1. The molecular formula is C15H14F2IN3O. The van der Waals surface area contributed by atoms with Crippen molar-refractivity contribution in [2.45, 2.75) is 13.8 Å². The van der Waals surface area contributed by atoms with Crippen LogP contribution in [0.5, 0.6) is 0 Å². The molecule has 0 spiro atoms. The number of carbonyl (C=O) groups excluding carboxylic acids is 1. The lowest BCUT2D eigenvalue weighted by Crippen LogP contribution is -2.09. The number of aryl methyl sites for hydroxylation is 2. The van der Waals surface area contributed by atoms with Gasteiger partial charge in [0.05, 0.1) is 9.26 Å². The number of aromatic nitrogens is 2. The molecule has 0 saturated carbocycles. The SMILES string of the molecule is Cc1nn(C)c(C)c1/C=C/C(=O)Nc1cc(F)c(I)c(F)c1. The first kappa shape index (κ1) is 16.6. The van der Waals surface area contributed by atoms with Crippen LogP contribution in [0.4, 0.5) is 14.5 Å². The molecular weight excluding hydrogens is 403 g/mol. The standard InChI is InChI=1S/C15H14F2IN3O/c1-8-11(9(2)21(3)20-8)4-5-14(22)19-10-6-12(16)15(18)13(17)7-10/h4-7H,1-3H3,(H,19,22)/b5-4+. The molecule has 22 heavy (non-hydrogen) atoms. The largest absolute Gasteiger partial charge is 0.322 e. The van der Waals surface area contributed by atoms with Gasteiger partial charge in [-0.25, -0.2) is 8.78 Å². The molecule has 0 bridgehead atoms. The Morgan fingerprint density at radius 2 is 1.91 bits per heavy atom. The molecule has 0 fully saturated rings. The zero-order valence-electron chi connectivity index (χ0n) is 12.2. The summed E-state index contributed by atoms with van der Waals surface area (Å²) in [7, 11) is 1.82. The van der Waals surface area contributed by atoms with E-state index in [1.165, 1.54) is 6.08 Å². The van der Waals surface area contributed by atoms with Gasteiger partial charge in [0.15, 0.2) is 0 Å². The van der Waals surface area contributed by atoms with Crippen LogP contribution < -0.4 is 5.32 Å². The average molecular weight is 417 g/mol. The highest BCUT2D eigenvalue weighted by atomic mass is 127. The lowest BCUT2D eigenvalue weighted by molar-refractivity contribution is -0.111. The minimum atomic E-state index is -0.709. The van der Waals surface area contributed by atoms with E-state index in [0.29, 0.717) is 0 Å². The van der Waals surface area contributed by atoms with E-state index in [0.717, 1.165) is 29.1 Å². The Morgan fingerprint density at radius 1 is 1.32 bits per heavy atom. The fourth-order valence-electron chi connectivity index (χ4n) is 2.00. The molecule has 0 radical (unpaired) electrons. The number of halogens is 3. The third kappa shape index (κ3) is 3.52. The van der Waals surface area contributed by atoms with E-state index in [-0.39, 0.29) is 9.26 Å². The Hall–Kier alpha value is -1.77. The minimum Gasteiger partial charge on any atom is -0.322 e. The second kappa shape index (κ2) is 6.55. The highest BCUT2D eigenvalue weighted by molar-refractivity contribution is 14.1. The maximum atomic E-state index is 13.4. The Labute approximate surface area is 140 Å². The fourth-order valence-corrected chi connectivity index (χ4v) is 2.31. The van der Waals surface area contributed by atoms with E-state index in [1.807, 2.05) is 20.9 Å². The van der Waals surface area contributed by atoms with Crippen LogP contribution in [0.15, 0.2) is 18.2 Å². The molecule has 1 aromatic carbocycles. The molecule has 1 amide bonds. The quantitative estimate of drug-likeness (QED) is 0.472. The van der Waals surface area contributed by atoms with E-state index in [2.05, 4.69) is 10.4 Å². The van der Waals surface area contributed by atoms with Gasteiger partial charge in [-0.3, -0.25) is 9.48 Å². The van der Waals surface area contributed by atoms with Gasteiger partial charge in [0, 0.05) is 30.1 Å². The number of amides is 1. The molecule has 1 heterocycles. The minimum absolute atomic E-state index is 0.0738. The molecule has 1 N–H and O–H groups in total. The van der Waals surface area contributed by atoms with Crippen molar-refractivity contribution in [2.75, 3.05) is 5.32 Å². The van der Waals surface area contributed by atoms with Gasteiger partial charge in [0.1, 0.15) is 11.6 Å². The molecule has 2 aromatic rings. The van der Waals surface area contributed by atoms with Crippen LogP contribution in [0.25, 0.3) is 6.08 Å². The molecule has 0 aliphatic carbocycles. The summed E-state index contributed by atoms with van der Waals surface area (Å²) in [4.78, 5) is 11.9. The van der Waals surface area contributed by atoms with E-state index < -0.39 is 17.5 Å². The fraction of sp³-hybridized carbons (Fsp3) is 0.200. The van der Waals surface area contributed by atoms with Crippen LogP contribution in [0.2, 0.25) is 0 Å². The van der Waals surface area contributed by atoms with E-state index in [9.17, 15) is 13.6 Å². The second-order valence-electron chi connectivity index (χ2n) is 4.78. The molecule has 1 aromatic heterocycles. The molecule has 4 nitrogen and oxygen atoms in total. The summed E-state index contributed by atoms with van der Waals surface area (Å²) < 4.78 is 28.5. The van der Waals surface area contributed by atoms with E-state index in [4.69, 9.17) is 0 Å².